The first-order chi connectivity index (χ1) is 25.1. The predicted molar refractivity (Wildman–Crippen MR) is 206 cm³/mol. The molecule has 7 aromatic carbocycles. The molecule has 11 rings (SSSR count). The fourth-order valence-corrected chi connectivity index (χ4v) is 8.43. The molecule has 51 heavy (non-hydrogen) atoms. The standard InChI is InChI=1S/C46H29N3O2/c1-46(2)35-24-10-8-19-31(35)37-28-17-6-7-18-30(28)42-38(39(37)46)32-21-13-23-34(41(32)51-42)45-48-43(26-14-4-3-5-15-26)47-44(49-45)33-22-12-20-29-27-16-9-11-25-36(27)50-40(29)33/h3-25H,1-2H3. The van der Waals surface area contributed by atoms with E-state index in [2.05, 4.69) is 92.7 Å². The summed E-state index contributed by atoms with van der Waals surface area (Å²) in [5.74, 6) is 1.67. The number of furan rings is 2. The van der Waals surface area contributed by atoms with Gasteiger partial charge in [-0.25, -0.2) is 15.0 Å². The van der Waals surface area contributed by atoms with Crippen LogP contribution in [0.3, 0.4) is 0 Å². The molecule has 1 aliphatic rings. The Morgan fingerprint density at radius 2 is 0.980 bits per heavy atom. The molecule has 0 aliphatic heterocycles. The lowest BCUT2D eigenvalue weighted by molar-refractivity contribution is 0.659. The van der Waals surface area contributed by atoms with Crippen molar-refractivity contribution in [2.75, 3.05) is 0 Å². The zero-order valence-corrected chi connectivity index (χ0v) is 27.9. The van der Waals surface area contributed by atoms with Crippen LogP contribution in [-0.4, -0.2) is 15.0 Å². The van der Waals surface area contributed by atoms with Gasteiger partial charge in [0.2, 0.25) is 0 Å². The maximum Gasteiger partial charge on any atom is 0.167 e. The molecule has 0 amide bonds. The highest BCUT2D eigenvalue weighted by Gasteiger charge is 2.39. The van der Waals surface area contributed by atoms with E-state index in [0.717, 1.165) is 66.0 Å². The second-order valence-corrected chi connectivity index (χ2v) is 13.9. The number of benzene rings is 7. The Kier molecular flexibility index (Phi) is 5.66. The van der Waals surface area contributed by atoms with Crippen LogP contribution in [-0.2, 0) is 5.41 Å². The van der Waals surface area contributed by atoms with Gasteiger partial charge in [0.15, 0.2) is 17.5 Å². The molecule has 0 unspecified atom stereocenters. The van der Waals surface area contributed by atoms with Gasteiger partial charge >= 0.3 is 0 Å². The first kappa shape index (κ1) is 28.3. The zero-order chi connectivity index (χ0) is 33.8. The normalized spacial score (nSPS) is 13.5. The molecule has 1 aliphatic carbocycles. The maximum absolute atomic E-state index is 7.05. The van der Waals surface area contributed by atoms with Crippen LogP contribution in [0.5, 0.6) is 0 Å². The van der Waals surface area contributed by atoms with E-state index >= 15 is 0 Å². The fraction of sp³-hybridized carbons (Fsp3) is 0.0652. The van der Waals surface area contributed by atoms with Gasteiger partial charge in [-0.1, -0.05) is 135 Å². The molecule has 0 saturated carbocycles. The number of fused-ring (bicyclic) bond motifs is 13. The van der Waals surface area contributed by atoms with Crippen molar-refractivity contribution in [2.45, 2.75) is 19.3 Å². The average Bonchev–Trinajstić information content (AvgIpc) is 3.83. The van der Waals surface area contributed by atoms with E-state index in [0.29, 0.717) is 17.5 Å². The molecule has 3 heterocycles. The van der Waals surface area contributed by atoms with Crippen LogP contribution in [0.1, 0.15) is 25.0 Å². The third-order valence-electron chi connectivity index (χ3n) is 10.7. The number of hydrogen-bond donors (Lipinski definition) is 0. The monoisotopic (exact) mass is 655 g/mol. The summed E-state index contributed by atoms with van der Waals surface area (Å²) >= 11 is 0. The molecule has 240 valence electrons. The summed E-state index contributed by atoms with van der Waals surface area (Å²) in [4.78, 5) is 15.4. The second-order valence-electron chi connectivity index (χ2n) is 13.9. The van der Waals surface area contributed by atoms with Crippen LogP contribution >= 0.6 is 0 Å². The van der Waals surface area contributed by atoms with Gasteiger partial charge in [0.25, 0.3) is 0 Å². The van der Waals surface area contributed by atoms with Crippen molar-refractivity contribution < 1.29 is 8.83 Å². The largest absolute Gasteiger partial charge is 0.455 e. The van der Waals surface area contributed by atoms with Crippen molar-refractivity contribution in [1.82, 2.24) is 15.0 Å². The van der Waals surface area contributed by atoms with E-state index in [1.165, 1.54) is 27.6 Å². The van der Waals surface area contributed by atoms with Crippen LogP contribution in [0.2, 0.25) is 0 Å². The minimum Gasteiger partial charge on any atom is -0.455 e. The van der Waals surface area contributed by atoms with Crippen LogP contribution in [0.4, 0.5) is 0 Å². The highest BCUT2D eigenvalue weighted by molar-refractivity contribution is 6.24. The highest BCUT2D eigenvalue weighted by atomic mass is 16.3. The Balaban J connectivity index is 1.22. The summed E-state index contributed by atoms with van der Waals surface area (Å²) < 4.78 is 13.5. The lowest BCUT2D eigenvalue weighted by Crippen LogP contribution is -2.15. The van der Waals surface area contributed by atoms with Gasteiger partial charge in [0.05, 0.1) is 11.1 Å². The van der Waals surface area contributed by atoms with Gasteiger partial charge in [-0.3, -0.25) is 0 Å². The number of nitrogens with zero attached hydrogens (tertiary/aromatic N) is 3. The third kappa shape index (κ3) is 3.89. The third-order valence-corrected chi connectivity index (χ3v) is 10.7. The Bertz CT molecular complexity index is 3060. The fourth-order valence-electron chi connectivity index (χ4n) is 8.43. The van der Waals surface area contributed by atoms with Crippen molar-refractivity contribution in [3.05, 3.63) is 151 Å². The molecule has 0 saturated heterocycles. The maximum atomic E-state index is 7.05. The smallest absolute Gasteiger partial charge is 0.167 e. The van der Waals surface area contributed by atoms with E-state index in [4.69, 9.17) is 23.8 Å². The lowest BCUT2D eigenvalue weighted by Gasteiger charge is -2.22. The summed E-state index contributed by atoms with van der Waals surface area (Å²) in [6, 6.07) is 48.1. The number of rotatable bonds is 3. The summed E-state index contributed by atoms with van der Waals surface area (Å²) in [6.07, 6.45) is 0. The van der Waals surface area contributed by atoms with E-state index in [1.807, 2.05) is 60.7 Å². The molecule has 10 aromatic rings. The van der Waals surface area contributed by atoms with Crippen molar-refractivity contribution >= 4 is 54.6 Å². The van der Waals surface area contributed by atoms with Crippen LogP contribution in [0.15, 0.2) is 148 Å². The highest BCUT2D eigenvalue weighted by Crippen LogP contribution is 2.56. The summed E-state index contributed by atoms with van der Waals surface area (Å²) in [5.41, 5.74) is 10.7. The molecule has 0 N–H and O–H groups in total. The number of para-hydroxylation sites is 3. The molecule has 3 aromatic heterocycles. The van der Waals surface area contributed by atoms with Gasteiger partial charge in [-0.05, 0) is 45.8 Å². The molecule has 5 nitrogen and oxygen atoms in total. The van der Waals surface area contributed by atoms with Crippen molar-refractivity contribution in [1.29, 1.82) is 0 Å². The molecule has 0 bridgehead atoms. The molecular formula is C46H29N3O2. The SMILES string of the molecule is CC1(C)c2ccccc2-c2c1c1c3cccc(-c4nc(-c5ccccc5)nc(-c5cccc6c5oc5ccccc56)n4)c3oc1c1ccccc21. The van der Waals surface area contributed by atoms with E-state index in [1.54, 1.807) is 0 Å². The molecule has 0 spiro atoms. The number of aromatic nitrogens is 3. The predicted octanol–water partition coefficient (Wildman–Crippen LogP) is 12.1. The van der Waals surface area contributed by atoms with Gasteiger partial charge < -0.3 is 8.83 Å². The van der Waals surface area contributed by atoms with Crippen LogP contribution in [0, 0.1) is 0 Å². The molecule has 0 atom stereocenters. The quantitative estimate of drug-likeness (QED) is 0.189. The van der Waals surface area contributed by atoms with Crippen molar-refractivity contribution in [2.24, 2.45) is 0 Å². The minimum atomic E-state index is -0.229. The molecule has 5 heteroatoms. The zero-order valence-electron chi connectivity index (χ0n) is 27.9. The Morgan fingerprint density at radius 3 is 1.76 bits per heavy atom. The summed E-state index contributed by atoms with van der Waals surface area (Å²) in [7, 11) is 0. The first-order valence-electron chi connectivity index (χ1n) is 17.3. The summed E-state index contributed by atoms with van der Waals surface area (Å²) in [6.45, 7) is 4.66. The number of hydrogen-bond acceptors (Lipinski definition) is 5. The van der Waals surface area contributed by atoms with Gasteiger partial charge in [-0.2, -0.15) is 0 Å². The first-order valence-corrected chi connectivity index (χ1v) is 17.3. The molecule has 0 fully saturated rings. The van der Waals surface area contributed by atoms with Crippen LogP contribution < -0.4 is 0 Å². The van der Waals surface area contributed by atoms with Gasteiger partial charge in [0.1, 0.15) is 22.3 Å². The topological polar surface area (TPSA) is 65.0 Å². The average molecular weight is 656 g/mol. The van der Waals surface area contributed by atoms with E-state index in [9.17, 15) is 0 Å². The Morgan fingerprint density at radius 1 is 0.431 bits per heavy atom. The van der Waals surface area contributed by atoms with Crippen LogP contribution in [0.25, 0.3) is 99.9 Å². The Hall–Kier alpha value is -6.59. The lowest BCUT2D eigenvalue weighted by atomic mass is 9.79. The van der Waals surface area contributed by atoms with Gasteiger partial charge in [0, 0.05) is 37.9 Å². The minimum absolute atomic E-state index is 0.229. The van der Waals surface area contributed by atoms with Crippen molar-refractivity contribution in [3.63, 3.8) is 0 Å². The molecule has 0 radical (unpaired) electrons. The summed E-state index contributed by atoms with van der Waals surface area (Å²) in [5, 5.41) is 6.57. The Labute approximate surface area is 292 Å². The van der Waals surface area contributed by atoms with E-state index in [-0.39, 0.29) is 5.41 Å². The van der Waals surface area contributed by atoms with Crippen molar-refractivity contribution in [3.8, 4) is 45.3 Å². The van der Waals surface area contributed by atoms with E-state index < -0.39 is 0 Å². The second kappa shape index (κ2) is 10.2. The molecular weight excluding hydrogens is 627 g/mol. The van der Waals surface area contributed by atoms with Gasteiger partial charge in [-0.15, -0.1) is 0 Å².